The Bertz CT molecular complexity index is 441. The third kappa shape index (κ3) is 2.48. The van der Waals surface area contributed by atoms with Crippen molar-refractivity contribution in [2.75, 3.05) is 18.1 Å². The van der Waals surface area contributed by atoms with Crippen LogP contribution in [0.3, 0.4) is 0 Å². The summed E-state index contributed by atoms with van der Waals surface area (Å²) >= 11 is 0. The van der Waals surface area contributed by atoms with Crippen LogP contribution in [0.15, 0.2) is 18.2 Å². The second-order valence-electron chi connectivity index (χ2n) is 4.81. The summed E-state index contributed by atoms with van der Waals surface area (Å²) in [5.41, 5.74) is 2.12. The highest BCUT2D eigenvalue weighted by Crippen LogP contribution is 2.30. The summed E-state index contributed by atoms with van der Waals surface area (Å²) in [6, 6.07) is 5.88. The van der Waals surface area contributed by atoms with E-state index in [-0.39, 0.29) is 6.61 Å². The number of aliphatic hydroxyl groups is 1. The van der Waals surface area contributed by atoms with Crippen LogP contribution in [0, 0.1) is 6.92 Å². The summed E-state index contributed by atoms with van der Waals surface area (Å²) in [7, 11) is 0. The molecule has 0 unspecified atom stereocenters. The average molecular weight is 249 g/mol. The summed E-state index contributed by atoms with van der Waals surface area (Å²) in [4.78, 5) is 13.2. The first-order valence-corrected chi connectivity index (χ1v) is 6.35. The first-order chi connectivity index (χ1) is 8.63. The molecule has 0 spiro atoms. The van der Waals surface area contributed by atoms with Crippen LogP contribution in [0.1, 0.15) is 35.2 Å². The molecule has 0 aromatic heterocycles. The fraction of sp³-hybridized carbons (Fsp3) is 0.500. The van der Waals surface area contributed by atoms with Crippen molar-refractivity contribution in [1.82, 2.24) is 0 Å². The van der Waals surface area contributed by atoms with E-state index in [1.165, 1.54) is 6.42 Å². The number of carbonyl (C=O) groups is 1. The predicted octanol–water partition coefficient (Wildman–Crippen LogP) is 2.04. The quantitative estimate of drug-likeness (QED) is 0.838. The van der Waals surface area contributed by atoms with Gasteiger partial charge in [-0.2, -0.15) is 0 Å². The van der Waals surface area contributed by atoms with Gasteiger partial charge in [0.2, 0.25) is 0 Å². The zero-order chi connectivity index (χ0) is 13.1. The monoisotopic (exact) mass is 249 g/mol. The smallest absolute Gasteiger partial charge is 0.335 e. The first-order valence-electron chi connectivity index (χ1n) is 6.35. The van der Waals surface area contributed by atoms with Crippen molar-refractivity contribution < 1.29 is 15.0 Å². The van der Waals surface area contributed by atoms with Gasteiger partial charge in [-0.05, 0) is 49.9 Å². The molecule has 2 N–H and O–H groups in total. The molecule has 1 aromatic carbocycles. The number of aliphatic hydroxyl groups excluding tert-OH is 1. The fourth-order valence-corrected chi connectivity index (χ4v) is 2.40. The second-order valence-corrected chi connectivity index (χ2v) is 4.81. The largest absolute Gasteiger partial charge is 0.478 e. The molecule has 0 aliphatic heterocycles. The van der Waals surface area contributed by atoms with Gasteiger partial charge in [-0.3, -0.25) is 0 Å². The van der Waals surface area contributed by atoms with Gasteiger partial charge in [-0.1, -0.05) is 0 Å². The minimum Gasteiger partial charge on any atom is -0.478 e. The van der Waals surface area contributed by atoms with Crippen molar-refractivity contribution in [3.63, 3.8) is 0 Å². The van der Waals surface area contributed by atoms with E-state index in [2.05, 4.69) is 4.90 Å². The van der Waals surface area contributed by atoms with E-state index < -0.39 is 5.97 Å². The Balaban J connectivity index is 2.24. The maximum Gasteiger partial charge on any atom is 0.335 e. The van der Waals surface area contributed by atoms with E-state index in [9.17, 15) is 4.79 Å². The van der Waals surface area contributed by atoms with Crippen molar-refractivity contribution in [3.05, 3.63) is 29.3 Å². The number of carboxylic acid groups (broad SMARTS) is 1. The van der Waals surface area contributed by atoms with Gasteiger partial charge in [0.05, 0.1) is 12.2 Å². The summed E-state index contributed by atoms with van der Waals surface area (Å²) in [6.45, 7) is 2.54. The normalized spacial score (nSPS) is 15.2. The van der Waals surface area contributed by atoms with Gasteiger partial charge in [0.15, 0.2) is 0 Å². The Labute approximate surface area is 107 Å². The van der Waals surface area contributed by atoms with E-state index in [1.54, 1.807) is 6.07 Å². The lowest BCUT2D eigenvalue weighted by atomic mass is 9.90. The Morgan fingerprint density at radius 3 is 2.61 bits per heavy atom. The van der Waals surface area contributed by atoms with Gasteiger partial charge in [0.1, 0.15) is 0 Å². The number of hydrogen-bond donors (Lipinski definition) is 2. The molecule has 1 saturated carbocycles. The lowest BCUT2D eigenvalue weighted by Gasteiger charge is -2.39. The summed E-state index contributed by atoms with van der Waals surface area (Å²) in [5, 5.41) is 18.2. The Morgan fingerprint density at radius 2 is 2.17 bits per heavy atom. The number of hydrogen-bond acceptors (Lipinski definition) is 3. The lowest BCUT2D eigenvalue weighted by Crippen LogP contribution is -2.42. The van der Waals surface area contributed by atoms with Crippen LogP contribution in [-0.4, -0.2) is 35.4 Å². The molecule has 98 valence electrons. The maximum atomic E-state index is 11.0. The van der Waals surface area contributed by atoms with E-state index in [0.29, 0.717) is 18.2 Å². The van der Waals surface area contributed by atoms with Gasteiger partial charge in [-0.25, -0.2) is 4.79 Å². The van der Waals surface area contributed by atoms with E-state index in [4.69, 9.17) is 10.2 Å². The molecule has 1 aliphatic carbocycles. The molecule has 2 rings (SSSR count). The molecular formula is C14H19NO3. The zero-order valence-electron chi connectivity index (χ0n) is 10.6. The van der Waals surface area contributed by atoms with Crippen molar-refractivity contribution in [1.29, 1.82) is 0 Å². The standard InChI is InChI=1S/C14H19NO3/c1-10-9-12(5-6-13(10)14(17)18)15(7-8-16)11-3-2-4-11/h5-6,9,11,16H,2-4,7-8H2,1H3,(H,17,18). The number of aromatic carboxylic acids is 1. The zero-order valence-corrected chi connectivity index (χ0v) is 10.6. The van der Waals surface area contributed by atoms with Crippen LogP contribution in [0.25, 0.3) is 0 Å². The third-order valence-electron chi connectivity index (χ3n) is 3.63. The van der Waals surface area contributed by atoms with Crippen LogP contribution in [-0.2, 0) is 0 Å². The van der Waals surface area contributed by atoms with Gasteiger partial charge in [0.25, 0.3) is 0 Å². The number of anilines is 1. The molecular weight excluding hydrogens is 230 g/mol. The summed E-state index contributed by atoms with van der Waals surface area (Å²) < 4.78 is 0. The van der Waals surface area contributed by atoms with E-state index in [1.807, 2.05) is 19.1 Å². The Morgan fingerprint density at radius 1 is 1.44 bits per heavy atom. The highest BCUT2D eigenvalue weighted by molar-refractivity contribution is 5.89. The van der Waals surface area contributed by atoms with Crippen molar-refractivity contribution in [3.8, 4) is 0 Å². The lowest BCUT2D eigenvalue weighted by molar-refractivity contribution is 0.0696. The molecule has 0 amide bonds. The van der Waals surface area contributed by atoms with Crippen LogP contribution in [0.4, 0.5) is 5.69 Å². The molecule has 0 radical (unpaired) electrons. The van der Waals surface area contributed by atoms with Gasteiger partial charge in [0, 0.05) is 18.3 Å². The van der Waals surface area contributed by atoms with Crippen molar-refractivity contribution >= 4 is 11.7 Å². The molecule has 1 aromatic rings. The minimum atomic E-state index is -0.892. The Hall–Kier alpha value is -1.55. The first kappa shape index (κ1) is 12.9. The summed E-state index contributed by atoms with van der Waals surface area (Å²) in [6.07, 6.45) is 3.54. The SMILES string of the molecule is Cc1cc(N(CCO)C2CCC2)ccc1C(=O)O. The number of rotatable bonds is 5. The van der Waals surface area contributed by atoms with Crippen LogP contribution >= 0.6 is 0 Å². The van der Waals surface area contributed by atoms with Crippen molar-refractivity contribution in [2.45, 2.75) is 32.2 Å². The molecule has 0 atom stereocenters. The molecule has 0 heterocycles. The number of nitrogens with zero attached hydrogens (tertiary/aromatic N) is 1. The topological polar surface area (TPSA) is 60.8 Å². The number of benzene rings is 1. The third-order valence-corrected chi connectivity index (χ3v) is 3.63. The second kappa shape index (κ2) is 5.40. The molecule has 0 bridgehead atoms. The van der Waals surface area contributed by atoms with Gasteiger partial charge >= 0.3 is 5.97 Å². The molecule has 18 heavy (non-hydrogen) atoms. The van der Waals surface area contributed by atoms with Crippen LogP contribution in [0.5, 0.6) is 0 Å². The predicted molar refractivity (Wildman–Crippen MR) is 70.2 cm³/mol. The average Bonchev–Trinajstić information content (AvgIpc) is 2.25. The molecule has 1 aliphatic rings. The number of aryl methyl sites for hydroxylation is 1. The highest BCUT2D eigenvalue weighted by atomic mass is 16.4. The van der Waals surface area contributed by atoms with Gasteiger partial charge in [-0.15, -0.1) is 0 Å². The molecule has 4 nitrogen and oxygen atoms in total. The molecule has 0 saturated heterocycles. The van der Waals surface area contributed by atoms with Crippen LogP contribution in [0.2, 0.25) is 0 Å². The van der Waals surface area contributed by atoms with E-state index in [0.717, 1.165) is 24.1 Å². The number of carboxylic acids is 1. The van der Waals surface area contributed by atoms with Crippen molar-refractivity contribution in [2.24, 2.45) is 0 Å². The molecule has 4 heteroatoms. The Kier molecular flexibility index (Phi) is 3.87. The van der Waals surface area contributed by atoms with Gasteiger partial charge < -0.3 is 15.1 Å². The van der Waals surface area contributed by atoms with E-state index >= 15 is 0 Å². The van der Waals surface area contributed by atoms with Crippen LogP contribution < -0.4 is 4.90 Å². The summed E-state index contributed by atoms with van der Waals surface area (Å²) in [5.74, 6) is -0.892. The highest BCUT2D eigenvalue weighted by Gasteiger charge is 2.25. The minimum absolute atomic E-state index is 0.121. The maximum absolute atomic E-state index is 11.0. The molecule has 1 fully saturated rings. The fourth-order valence-electron chi connectivity index (χ4n) is 2.40.